The summed E-state index contributed by atoms with van der Waals surface area (Å²) < 4.78 is 18.3. The minimum absolute atomic E-state index is 0.102. The molecule has 0 unspecified atom stereocenters. The van der Waals surface area contributed by atoms with Crippen molar-refractivity contribution in [2.45, 2.75) is 26.0 Å². The van der Waals surface area contributed by atoms with E-state index in [1.54, 1.807) is 4.68 Å². The van der Waals surface area contributed by atoms with Crippen molar-refractivity contribution < 1.29 is 18.8 Å². The summed E-state index contributed by atoms with van der Waals surface area (Å²) in [5.41, 5.74) is 2.31. The first-order chi connectivity index (χ1) is 16.2. The topological polar surface area (TPSA) is 108 Å². The molecule has 2 aromatic carbocycles. The molecule has 170 valence electrons. The van der Waals surface area contributed by atoms with E-state index in [0.29, 0.717) is 56.5 Å². The number of rotatable bonds is 7. The van der Waals surface area contributed by atoms with Crippen LogP contribution in [0.2, 0.25) is 0 Å². The van der Waals surface area contributed by atoms with E-state index in [1.807, 2.05) is 60.4 Å². The molecule has 1 amide bonds. The number of carbonyl (C=O) groups is 1. The second kappa shape index (κ2) is 9.37. The molecule has 0 radical (unpaired) electrons. The van der Waals surface area contributed by atoms with Crippen molar-refractivity contribution in [2.75, 3.05) is 26.3 Å². The third kappa shape index (κ3) is 4.70. The van der Waals surface area contributed by atoms with Gasteiger partial charge in [-0.2, -0.15) is 4.98 Å². The van der Waals surface area contributed by atoms with Gasteiger partial charge in [0.05, 0.1) is 25.3 Å². The zero-order valence-corrected chi connectivity index (χ0v) is 18.3. The zero-order chi connectivity index (χ0) is 22.6. The van der Waals surface area contributed by atoms with Crippen molar-refractivity contribution in [3.63, 3.8) is 0 Å². The Morgan fingerprint density at radius 2 is 1.97 bits per heavy atom. The van der Waals surface area contributed by atoms with Crippen LogP contribution in [0.15, 0.2) is 53.1 Å². The highest BCUT2D eigenvalue weighted by Crippen LogP contribution is 2.25. The van der Waals surface area contributed by atoms with Crippen LogP contribution in [0.25, 0.3) is 22.4 Å². The standard InChI is InChI=1S/C23H24N6O4/c1-16(32-18-5-3-2-4-6-18)23-24-22(26-33-23)17-7-8-20-19(15-17)25-27-29(20)10-9-21(30)28-11-13-31-14-12-28/h2-8,15-16H,9-14H2,1H3/t16-/m0/s1. The molecule has 0 spiro atoms. The molecular weight excluding hydrogens is 424 g/mol. The van der Waals surface area contributed by atoms with Crippen molar-refractivity contribution in [1.82, 2.24) is 30.0 Å². The molecule has 33 heavy (non-hydrogen) atoms. The van der Waals surface area contributed by atoms with Crippen molar-refractivity contribution in [2.24, 2.45) is 0 Å². The Balaban J connectivity index is 1.26. The number of fused-ring (bicyclic) bond motifs is 1. The highest BCUT2D eigenvalue weighted by molar-refractivity contribution is 5.80. The van der Waals surface area contributed by atoms with E-state index in [9.17, 15) is 4.79 Å². The fourth-order valence-corrected chi connectivity index (χ4v) is 3.72. The molecule has 1 fully saturated rings. The number of para-hydroxylation sites is 1. The predicted octanol–water partition coefficient (Wildman–Crippen LogP) is 2.87. The molecule has 5 rings (SSSR count). The number of ether oxygens (including phenoxy) is 2. The van der Waals surface area contributed by atoms with Gasteiger partial charge in [0.1, 0.15) is 11.3 Å². The molecule has 1 saturated heterocycles. The van der Waals surface area contributed by atoms with Gasteiger partial charge < -0.3 is 18.9 Å². The average molecular weight is 448 g/mol. The van der Waals surface area contributed by atoms with E-state index in [2.05, 4.69) is 20.5 Å². The predicted molar refractivity (Wildman–Crippen MR) is 118 cm³/mol. The summed E-state index contributed by atoms with van der Waals surface area (Å²) in [6.45, 7) is 4.79. The minimum atomic E-state index is -0.387. The lowest BCUT2D eigenvalue weighted by atomic mass is 10.2. The van der Waals surface area contributed by atoms with Crippen molar-refractivity contribution >= 4 is 16.9 Å². The molecule has 0 saturated carbocycles. The van der Waals surface area contributed by atoms with Gasteiger partial charge in [-0.25, -0.2) is 4.68 Å². The lowest BCUT2D eigenvalue weighted by Gasteiger charge is -2.26. The zero-order valence-electron chi connectivity index (χ0n) is 18.3. The van der Waals surface area contributed by atoms with Crippen LogP contribution in [0.5, 0.6) is 5.75 Å². The van der Waals surface area contributed by atoms with Gasteiger partial charge in [-0.3, -0.25) is 4.79 Å². The number of nitrogens with zero attached hydrogens (tertiary/aromatic N) is 6. The van der Waals surface area contributed by atoms with Gasteiger partial charge in [-0.1, -0.05) is 28.6 Å². The molecule has 1 aliphatic heterocycles. The smallest absolute Gasteiger partial charge is 0.267 e. The first kappa shape index (κ1) is 21.1. The van der Waals surface area contributed by atoms with Crippen molar-refractivity contribution in [3.05, 3.63) is 54.4 Å². The maximum absolute atomic E-state index is 12.4. The maximum atomic E-state index is 12.4. The number of benzene rings is 2. The van der Waals surface area contributed by atoms with Crippen LogP contribution in [-0.4, -0.2) is 62.2 Å². The molecule has 1 aliphatic rings. The average Bonchev–Trinajstić information content (AvgIpc) is 3.51. The van der Waals surface area contributed by atoms with Gasteiger partial charge in [0, 0.05) is 25.1 Å². The minimum Gasteiger partial charge on any atom is -0.481 e. The summed E-state index contributed by atoms with van der Waals surface area (Å²) in [4.78, 5) is 18.7. The second-order valence-corrected chi connectivity index (χ2v) is 7.79. The van der Waals surface area contributed by atoms with Gasteiger partial charge in [-0.05, 0) is 37.3 Å². The Labute approximate surface area is 190 Å². The largest absolute Gasteiger partial charge is 0.481 e. The van der Waals surface area contributed by atoms with Gasteiger partial charge in [0.25, 0.3) is 5.89 Å². The number of aromatic nitrogens is 5. The van der Waals surface area contributed by atoms with Gasteiger partial charge in [0.15, 0.2) is 6.10 Å². The lowest BCUT2D eigenvalue weighted by molar-refractivity contribution is -0.135. The Hall–Kier alpha value is -3.79. The number of hydrogen-bond acceptors (Lipinski definition) is 8. The van der Waals surface area contributed by atoms with Gasteiger partial charge in [-0.15, -0.1) is 5.10 Å². The molecular formula is C23H24N6O4. The van der Waals surface area contributed by atoms with Crippen molar-refractivity contribution in [1.29, 1.82) is 0 Å². The van der Waals surface area contributed by atoms with Crippen LogP contribution >= 0.6 is 0 Å². The summed E-state index contributed by atoms with van der Waals surface area (Å²) in [5, 5.41) is 12.6. The number of morpholine rings is 1. The van der Waals surface area contributed by atoms with Gasteiger partial charge >= 0.3 is 0 Å². The Bertz CT molecular complexity index is 1230. The monoisotopic (exact) mass is 448 g/mol. The summed E-state index contributed by atoms with van der Waals surface area (Å²) in [6, 6.07) is 15.1. The molecule has 0 bridgehead atoms. The van der Waals surface area contributed by atoms with Crippen LogP contribution in [0.1, 0.15) is 25.3 Å². The van der Waals surface area contributed by atoms with Gasteiger partial charge in [0.2, 0.25) is 11.7 Å². The van der Waals surface area contributed by atoms with E-state index in [1.165, 1.54) is 0 Å². The maximum Gasteiger partial charge on any atom is 0.267 e. The summed E-state index contributed by atoms with van der Waals surface area (Å²) in [6.07, 6.45) is -0.0180. The number of hydrogen-bond donors (Lipinski definition) is 0. The molecule has 2 aromatic heterocycles. The van der Waals surface area contributed by atoms with Crippen LogP contribution in [-0.2, 0) is 16.1 Å². The number of amides is 1. The molecule has 3 heterocycles. The summed E-state index contributed by atoms with van der Waals surface area (Å²) >= 11 is 0. The Morgan fingerprint density at radius 3 is 2.79 bits per heavy atom. The quantitative estimate of drug-likeness (QED) is 0.425. The molecule has 0 aliphatic carbocycles. The fourth-order valence-electron chi connectivity index (χ4n) is 3.72. The van der Waals surface area contributed by atoms with E-state index in [-0.39, 0.29) is 12.0 Å². The van der Waals surface area contributed by atoms with E-state index < -0.39 is 0 Å². The highest BCUT2D eigenvalue weighted by Gasteiger charge is 2.19. The second-order valence-electron chi connectivity index (χ2n) is 7.79. The van der Waals surface area contributed by atoms with Crippen LogP contribution < -0.4 is 4.74 Å². The van der Waals surface area contributed by atoms with E-state index >= 15 is 0 Å². The van der Waals surface area contributed by atoms with Crippen LogP contribution in [0, 0.1) is 0 Å². The Kier molecular flexibility index (Phi) is 5.99. The first-order valence-electron chi connectivity index (χ1n) is 10.9. The summed E-state index contributed by atoms with van der Waals surface area (Å²) in [7, 11) is 0. The van der Waals surface area contributed by atoms with E-state index in [4.69, 9.17) is 14.0 Å². The third-order valence-electron chi connectivity index (χ3n) is 5.52. The number of aryl methyl sites for hydroxylation is 1. The molecule has 0 N–H and O–H groups in total. The van der Waals surface area contributed by atoms with E-state index in [0.717, 1.165) is 16.8 Å². The number of carbonyl (C=O) groups excluding carboxylic acids is 1. The highest BCUT2D eigenvalue weighted by atomic mass is 16.5. The third-order valence-corrected chi connectivity index (χ3v) is 5.52. The molecule has 10 nitrogen and oxygen atoms in total. The normalized spacial score (nSPS) is 15.0. The fraction of sp³-hybridized carbons (Fsp3) is 0.348. The van der Waals surface area contributed by atoms with Crippen LogP contribution in [0.3, 0.4) is 0 Å². The lowest BCUT2D eigenvalue weighted by Crippen LogP contribution is -2.41. The first-order valence-corrected chi connectivity index (χ1v) is 10.9. The molecule has 10 heteroatoms. The molecule has 1 atom stereocenters. The summed E-state index contributed by atoms with van der Waals surface area (Å²) in [5.74, 6) is 1.67. The SMILES string of the molecule is C[C@H](Oc1ccccc1)c1nc(-c2ccc3c(c2)nnn3CCC(=O)N2CCOCC2)no1. The molecule has 4 aromatic rings. The van der Waals surface area contributed by atoms with Crippen LogP contribution in [0.4, 0.5) is 0 Å². The van der Waals surface area contributed by atoms with Crippen molar-refractivity contribution in [3.8, 4) is 17.1 Å². The Morgan fingerprint density at radius 1 is 1.15 bits per heavy atom.